The standard InChI is InChI=1S/C9H14ClNO3/c1-5-3-6(5)8(12)11-4-7(10)9(13)14-2/h5-7H,3-4H2,1-2H3,(H,11,12). The van der Waals surface area contributed by atoms with Crippen LogP contribution in [0.25, 0.3) is 0 Å². The third-order valence-electron chi connectivity index (χ3n) is 2.36. The minimum atomic E-state index is -0.794. The van der Waals surface area contributed by atoms with Crippen LogP contribution in [0.2, 0.25) is 0 Å². The second-order valence-electron chi connectivity index (χ2n) is 3.56. The molecule has 1 rings (SSSR count). The Kier molecular flexibility index (Phi) is 3.75. The predicted molar refractivity (Wildman–Crippen MR) is 51.9 cm³/mol. The molecule has 1 fully saturated rings. The largest absolute Gasteiger partial charge is 0.468 e. The summed E-state index contributed by atoms with van der Waals surface area (Å²) in [5.74, 6) is 0.0290. The number of esters is 1. The van der Waals surface area contributed by atoms with E-state index in [4.69, 9.17) is 11.6 Å². The van der Waals surface area contributed by atoms with Gasteiger partial charge in [-0.05, 0) is 12.3 Å². The molecule has 3 atom stereocenters. The van der Waals surface area contributed by atoms with Gasteiger partial charge in [0.25, 0.3) is 0 Å². The van der Waals surface area contributed by atoms with Crippen LogP contribution in [0.4, 0.5) is 0 Å². The second kappa shape index (κ2) is 4.64. The Morgan fingerprint density at radius 2 is 2.21 bits per heavy atom. The highest BCUT2D eigenvalue weighted by Gasteiger charge is 2.39. The molecule has 1 aliphatic carbocycles. The number of hydrogen-bond donors (Lipinski definition) is 1. The molecule has 1 aliphatic rings. The van der Waals surface area contributed by atoms with Crippen molar-refractivity contribution in [2.24, 2.45) is 11.8 Å². The van der Waals surface area contributed by atoms with Gasteiger partial charge in [0.1, 0.15) is 5.38 Å². The first-order valence-electron chi connectivity index (χ1n) is 4.56. The summed E-state index contributed by atoms with van der Waals surface area (Å²) in [6.07, 6.45) is 0.928. The molecule has 5 heteroatoms. The number of carbonyl (C=O) groups excluding carboxylic acids is 2. The molecule has 4 nitrogen and oxygen atoms in total. The molecule has 0 radical (unpaired) electrons. The van der Waals surface area contributed by atoms with Gasteiger partial charge in [-0.2, -0.15) is 0 Å². The lowest BCUT2D eigenvalue weighted by Gasteiger charge is -2.08. The lowest BCUT2D eigenvalue weighted by Crippen LogP contribution is -2.35. The van der Waals surface area contributed by atoms with Crippen LogP contribution in [0, 0.1) is 11.8 Å². The zero-order valence-corrected chi connectivity index (χ0v) is 9.00. The predicted octanol–water partition coefficient (Wildman–Crippen LogP) is 0.539. The molecule has 14 heavy (non-hydrogen) atoms. The quantitative estimate of drug-likeness (QED) is 0.555. The van der Waals surface area contributed by atoms with Crippen molar-refractivity contribution in [2.45, 2.75) is 18.7 Å². The Bertz CT molecular complexity index is 244. The van der Waals surface area contributed by atoms with Crippen molar-refractivity contribution in [3.63, 3.8) is 0 Å². The summed E-state index contributed by atoms with van der Waals surface area (Å²) < 4.78 is 4.42. The Labute approximate surface area is 87.9 Å². The third-order valence-corrected chi connectivity index (χ3v) is 2.69. The van der Waals surface area contributed by atoms with Gasteiger partial charge < -0.3 is 10.1 Å². The minimum absolute atomic E-state index is 0.0212. The minimum Gasteiger partial charge on any atom is -0.468 e. The highest BCUT2D eigenvalue weighted by molar-refractivity contribution is 6.30. The molecule has 0 spiro atoms. The van der Waals surface area contributed by atoms with E-state index >= 15 is 0 Å². The first kappa shape index (κ1) is 11.3. The number of ether oxygens (including phenoxy) is 1. The first-order chi connectivity index (χ1) is 6.56. The maximum absolute atomic E-state index is 11.3. The van der Waals surface area contributed by atoms with Gasteiger partial charge >= 0.3 is 5.97 Å². The fourth-order valence-corrected chi connectivity index (χ4v) is 1.39. The van der Waals surface area contributed by atoms with E-state index in [2.05, 4.69) is 10.1 Å². The molecule has 1 N–H and O–H groups in total. The number of nitrogens with one attached hydrogen (secondary N) is 1. The number of amides is 1. The summed E-state index contributed by atoms with van der Waals surface area (Å²) in [6, 6.07) is 0. The topological polar surface area (TPSA) is 55.4 Å². The van der Waals surface area contributed by atoms with Crippen LogP contribution in [0.15, 0.2) is 0 Å². The maximum Gasteiger partial charge on any atom is 0.325 e. The van der Waals surface area contributed by atoms with Crippen molar-refractivity contribution < 1.29 is 14.3 Å². The number of rotatable bonds is 4. The molecule has 1 amide bonds. The maximum atomic E-state index is 11.3. The fraction of sp³-hybridized carbons (Fsp3) is 0.778. The van der Waals surface area contributed by atoms with Gasteiger partial charge in [0.05, 0.1) is 7.11 Å². The molecular formula is C9H14ClNO3. The Balaban J connectivity index is 2.20. The zero-order chi connectivity index (χ0) is 10.7. The molecular weight excluding hydrogens is 206 g/mol. The van der Waals surface area contributed by atoms with Crippen LogP contribution in [0.1, 0.15) is 13.3 Å². The molecule has 0 bridgehead atoms. The normalized spacial score (nSPS) is 26.5. The Morgan fingerprint density at radius 3 is 2.64 bits per heavy atom. The monoisotopic (exact) mass is 219 g/mol. The average molecular weight is 220 g/mol. The SMILES string of the molecule is COC(=O)C(Cl)CNC(=O)C1CC1C. The van der Waals surface area contributed by atoms with E-state index in [0.717, 1.165) is 6.42 Å². The van der Waals surface area contributed by atoms with Crippen molar-refractivity contribution in [1.82, 2.24) is 5.32 Å². The summed E-state index contributed by atoms with van der Waals surface area (Å²) in [5, 5.41) is 1.82. The summed E-state index contributed by atoms with van der Waals surface area (Å²) in [6.45, 7) is 2.15. The van der Waals surface area contributed by atoms with Crippen LogP contribution in [0.5, 0.6) is 0 Å². The lowest BCUT2D eigenvalue weighted by atomic mass is 10.3. The van der Waals surface area contributed by atoms with Gasteiger partial charge in [0, 0.05) is 12.5 Å². The molecule has 1 saturated carbocycles. The van der Waals surface area contributed by atoms with E-state index < -0.39 is 11.3 Å². The highest BCUT2D eigenvalue weighted by Crippen LogP contribution is 2.37. The molecule has 0 aromatic carbocycles. The smallest absolute Gasteiger partial charge is 0.325 e. The van der Waals surface area contributed by atoms with E-state index in [1.165, 1.54) is 7.11 Å². The molecule has 0 heterocycles. The van der Waals surface area contributed by atoms with Gasteiger partial charge in [-0.25, -0.2) is 0 Å². The van der Waals surface area contributed by atoms with Gasteiger partial charge in [0.2, 0.25) is 5.91 Å². The van der Waals surface area contributed by atoms with Gasteiger partial charge in [-0.15, -0.1) is 11.6 Å². The Morgan fingerprint density at radius 1 is 1.64 bits per heavy atom. The third kappa shape index (κ3) is 2.87. The van der Waals surface area contributed by atoms with E-state index in [1.54, 1.807) is 0 Å². The van der Waals surface area contributed by atoms with Crippen LogP contribution < -0.4 is 5.32 Å². The molecule has 0 aromatic rings. The highest BCUT2D eigenvalue weighted by atomic mass is 35.5. The summed E-state index contributed by atoms with van der Waals surface area (Å²) in [5.41, 5.74) is 0. The Hall–Kier alpha value is -0.770. The van der Waals surface area contributed by atoms with E-state index in [0.29, 0.717) is 5.92 Å². The van der Waals surface area contributed by atoms with E-state index in [1.807, 2.05) is 6.92 Å². The number of halogens is 1. The number of hydrogen-bond acceptors (Lipinski definition) is 3. The molecule has 0 saturated heterocycles. The number of alkyl halides is 1. The summed E-state index contributed by atoms with van der Waals surface area (Å²) >= 11 is 5.65. The van der Waals surface area contributed by atoms with Crippen LogP contribution >= 0.6 is 11.6 Å². The zero-order valence-electron chi connectivity index (χ0n) is 8.25. The van der Waals surface area contributed by atoms with Crippen molar-refractivity contribution in [1.29, 1.82) is 0 Å². The van der Waals surface area contributed by atoms with E-state index in [9.17, 15) is 9.59 Å². The summed E-state index contributed by atoms with van der Waals surface area (Å²) in [4.78, 5) is 22.2. The molecule has 0 aromatic heterocycles. The second-order valence-corrected chi connectivity index (χ2v) is 4.08. The van der Waals surface area contributed by atoms with Crippen LogP contribution in [0.3, 0.4) is 0 Å². The summed E-state index contributed by atoms with van der Waals surface area (Å²) in [7, 11) is 1.27. The molecule has 3 unspecified atom stereocenters. The molecule has 80 valence electrons. The van der Waals surface area contributed by atoms with Crippen molar-refractivity contribution in [3.8, 4) is 0 Å². The average Bonchev–Trinajstić information content (AvgIpc) is 2.90. The first-order valence-corrected chi connectivity index (χ1v) is 4.99. The van der Waals surface area contributed by atoms with Gasteiger partial charge in [-0.3, -0.25) is 9.59 Å². The van der Waals surface area contributed by atoms with Crippen LogP contribution in [-0.2, 0) is 14.3 Å². The number of methoxy groups -OCH3 is 1. The molecule has 0 aliphatic heterocycles. The van der Waals surface area contributed by atoms with Crippen LogP contribution in [-0.4, -0.2) is 30.9 Å². The number of carbonyl (C=O) groups is 2. The van der Waals surface area contributed by atoms with Crippen molar-refractivity contribution in [2.75, 3.05) is 13.7 Å². The lowest BCUT2D eigenvalue weighted by molar-refractivity contribution is -0.140. The van der Waals surface area contributed by atoms with Gasteiger partial charge in [-0.1, -0.05) is 6.92 Å². The van der Waals surface area contributed by atoms with Gasteiger partial charge in [0.15, 0.2) is 0 Å². The van der Waals surface area contributed by atoms with Crippen molar-refractivity contribution in [3.05, 3.63) is 0 Å². The van der Waals surface area contributed by atoms with Crippen molar-refractivity contribution >= 4 is 23.5 Å². The van der Waals surface area contributed by atoms with E-state index in [-0.39, 0.29) is 18.4 Å². The fourth-order valence-electron chi connectivity index (χ4n) is 1.22.